The first-order chi connectivity index (χ1) is 10.0. The summed E-state index contributed by atoms with van der Waals surface area (Å²) in [6.07, 6.45) is 5.05. The van der Waals surface area contributed by atoms with Crippen molar-refractivity contribution in [3.05, 3.63) is 29.8 Å². The molecule has 0 amide bonds. The Morgan fingerprint density at radius 2 is 1.90 bits per heavy atom. The van der Waals surface area contributed by atoms with E-state index < -0.39 is 15.3 Å². The highest BCUT2D eigenvalue weighted by Crippen LogP contribution is 2.41. The van der Waals surface area contributed by atoms with E-state index in [0.717, 1.165) is 32.1 Å². The Morgan fingerprint density at radius 1 is 1.24 bits per heavy atom. The third-order valence-electron chi connectivity index (χ3n) is 3.99. The van der Waals surface area contributed by atoms with E-state index in [2.05, 4.69) is 0 Å². The Labute approximate surface area is 126 Å². The quantitative estimate of drug-likeness (QED) is 0.819. The molecule has 1 aliphatic carbocycles. The summed E-state index contributed by atoms with van der Waals surface area (Å²) in [6.45, 7) is 0.0824. The second kappa shape index (κ2) is 7.24. The van der Waals surface area contributed by atoms with Gasteiger partial charge in [-0.05, 0) is 24.8 Å². The molecule has 1 aromatic carbocycles. The molecule has 21 heavy (non-hydrogen) atoms. The monoisotopic (exact) mass is 313 g/mol. The van der Waals surface area contributed by atoms with Crippen LogP contribution < -0.4 is 9.88 Å². The standard InChI is InChI=1S/C15H23NO4S/c1-19-11-20-14-10-6-5-9-13(14)15(21(16,17)18)12-7-3-2-4-8-12/h5-6,9-10,12,15H,2-4,7-8,11H2,1H3,(H2,16,17,18). The van der Waals surface area contributed by atoms with Gasteiger partial charge in [-0.3, -0.25) is 0 Å². The maximum absolute atomic E-state index is 12.1. The maximum Gasteiger partial charge on any atom is 0.216 e. The van der Waals surface area contributed by atoms with Gasteiger partial charge in [0.25, 0.3) is 0 Å². The number of benzene rings is 1. The van der Waals surface area contributed by atoms with Gasteiger partial charge in [-0.25, -0.2) is 13.6 Å². The number of rotatable bonds is 6. The smallest absolute Gasteiger partial charge is 0.216 e. The predicted octanol–water partition coefficient (Wildman–Crippen LogP) is 2.58. The Balaban J connectivity index is 2.37. The number of para-hydroxylation sites is 1. The van der Waals surface area contributed by atoms with Crippen LogP contribution in [0.5, 0.6) is 5.75 Å². The molecule has 1 saturated carbocycles. The zero-order valence-corrected chi connectivity index (χ0v) is 13.1. The first kappa shape index (κ1) is 16.3. The molecule has 0 bridgehead atoms. The lowest BCUT2D eigenvalue weighted by Gasteiger charge is -2.30. The van der Waals surface area contributed by atoms with Gasteiger partial charge in [0.15, 0.2) is 6.79 Å². The van der Waals surface area contributed by atoms with Crippen molar-refractivity contribution in [2.75, 3.05) is 13.9 Å². The van der Waals surface area contributed by atoms with Crippen LogP contribution in [0.1, 0.15) is 42.9 Å². The van der Waals surface area contributed by atoms with Crippen LogP contribution in [0.4, 0.5) is 0 Å². The van der Waals surface area contributed by atoms with E-state index in [1.807, 2.05) is 12.1 Å². The fourth-order valence-corrected chi connectivity index (χ4v) is 4.46. The molecule has 1 fully saturated rings. The first-order valence-electron chi connectivity index (χ1n) is 7.26. The molecule has 1 atom stereocenters. The summed E-state index contributed by atoms with van der Waals surface area (Å²) in [5, 5.41) is 4.82. The highest BCUT2D eigenvalue weighted by atomic mass is 32.2. The number of primary sulfonamides is 1. The molecular weight excluding hydrogens is 290 g/mol. The van der Waals surface area contributed by atoms with Crippen molar-refractivity contribution in [1.29, 1.82) is 0 Å². The van der Waals surface area contributed by atoms with Crippen molar-refractivity contribution in [3.63, 3.8) is 0 Å². The normalized spacial score (nSPS) is 18.4. The second-order valence-electron chi connectivity index (χ2n) is 5.50. The molecule has 2 N–H and O–H groups in total. The minimum absolute atomic E-state index is 0.0565. The predicted molar refractivity (Wildman–Crippen MR) is 81.4 cm³/mol. The van der Waals surface area contributed by atoms with E-state index >= 15 is 0 Å². The molecule has 0 radical (unpaired) electrons. The summed E-state index contributed by atoms with van der Waals surface area (Å²) in [5.74, 6) is 0.588. The summed E-state index contributed by atoms with van der Waals surface area (Å²) in [5.41, 5.74) is 0.643. The minimum Gasteiger partial charge on any atom is -0.467 e. The van der Waals surface area contributed by atoms with Gasteiger partial charge in [0.1, 0.15) is 11.0 Å². The highest BCUT2D eigenvalue weighted by molar-refractivity contribution is 7.89. The molecule has 0 spiro atoms. The fraction of sp³-hybridized carbons (Fsp3) is 0.600. The summed E-state index contributed by atoms with van der Waals surface area (Å²) in [7, 11) is -2.16. The van der Waals surface area contributed by atoms with Crippen molar-refractivity contribution in [2.45, 2.75) is 37.4 Å². The molecule has 1 aliphatic rings. The number of ether oxygens (including phenoxy) is 2. The van der Waals surface area contributed by atoms with Gasteiger partial charge in [0.2, 0.25) is 10.0 Å². The molecule has 118 valence electrons. The van der Waals surface area contributed by atoms with E-state index in [1.165, 1.54) is 7.11 Å². The van der Waals surface area contributed by atoms with Crippen LogP contribution in [0.15, 0.2) is 24.3 Å². The maximum atomic E-state index is 12.1. The van der Waals surface area contributed by atoms with Gasteiger partial charge < -0.3 is 9.47 Å². The highest BCUT2D eigenvalue weighted by Gasteiger charge is 2.35. The van der Waals surface area contributed by atoms with Crippen LogP contribution in [-0.2, 0) is 14.8 Å². The Bertz CT molecular complexity index is 553. The summed E-state index contributed by atoms with van der Waals surface area (Å²) in [6, 6.07) is 7.18. The summed E-state index contributed by atoms with van der Waals surface area (Å²) in [4.78, 5) is 0. The topological polar surface area (TPSA) is 78.6 Å². The fourth-order valence-electron chi connectivity index (χ4n) is 3.11. The molecule has 2 rings (SSSR count). The number of hydrogen-bond acceptors (Lipinski definition) is 4. The number of nitrogens with two attached hydrogens (primary N) is 1. The van der Waals surface area contributed by atoms with Crippen molar-refractivity contribution in [1.82, 2.24) is 0 Å². The van der Waals surface area contributed by atoms with Crippen LogP contribution in [-0.4, -0.2) is 22.3 Å². The van der Waals surface area contributed by atoms with Crippen molar-refractivity contribution in [3.8, 4) is 5.75 Å². The van der Waals surface area contributed by atoms with Crippen molar-refractivity contribution in [2.24, 2.45) is 11.1 Å². The molecular formula is C15H23NO4S. The molecule has 0 heterocycles. The average molecular weight is 313 g/mol. The average Bonchev–Trinajstić information content (AvgIpc) is 2.46. The van der Waals surface area contributed by atoms with E-state index in [1.54, 1.807) is 12.1 Å². The number of hydrogen-bond donors (Lipinski definition) is 1. The number of methoxy groups -OCH3 is 1. The lowest BCUT2D eigenvalue weighted by atomic mass is 9.84. The molecule has 1 aromatic rings. The van der Waals surface area contributed by atoms with E-state index in [4.69, 9.17) is 14.6 Å². The van der Waals surface area contributed by atoms with Gasteiger partial charge in [0.05, 0.1) is 0 Å². The van der Waals surface area contributed by atoms with Crippen molar-refractivity contribution >= 4 is 10.0 Å². The molecule has 0 saturated heterocycles. The Kier molecular flexibility index (Phi) is 5.61. The zero-order chi connectivity index (χ0) is 15.3. The van der Waals surface area contributed by atoms with Crippen LogP contribution in [0.3, 0.4) is 0 Å². The Morgan fingerprint density at radius 3 is 2.52 bits per heavy atom. The lowest BCUT2D eigenvalue weighted by molar-refractivity contribution is 0.0501. The van der Waals surface area contributed by atoms with Crippen LogP contribution in [0.2, 0.25) is 0 Å². The molecule has 0 aromatic heterocycles. The van der Waals surface area contributed by atoms with Crippen LogP contribution in [0.25, 0.3) is 0 Å². The van der Waals surface area contributed by atoms with Gasteiger partial charge in [-0.1, -0.05) is 37.5 Å². The lowest BCUT2D eigenvalue weighted by Crippen LogP contribution is -2.29. The largest absolute Gasteiger partial charge is 0.467 e. The van der Waals surface area contributed by atoms with Gasteiger partial charge in [-0.15, -0.1) is 0 Å². The van der Waals surface area contributed by atoms with Gasteiger partial charge in [0, 0.05) is 12.7 Å². The Hall–Kier alpha value is -1.11. The van der Waals surface area contributed by atoms with Crippen LogP contribution in [0, 0.1) is 5.92 Å². The molecule has 5 nitrogen and oxygen atoms in total. The van der Waals surface area contributed by atoms with E-state index in [0.29, 0.717) is 11.3 Å². The SMILES string of the molecule is COCOc1ccccc1C(C1CCCCC1)S(N)(=O)=O. The molecule has 1 unspecified atom stereocenters. The number of sulfonamides is 1. The van der Waals surface area contributed by atoms with E-state index in [-0.39, 0.29) is 12.7 Å². The van der Waals surface area contributed by atoms with E-state index in [9.17, 15) is 8.42 Å². The summed E-state index contributed by atoms with van der Waals surface area (Å²) < 4.78 is 34.7. The van der Waals surface area contributed by atoms with Crippen LogP contribution >= 0.6 is 0 Å². The minimum atomic E-state index is -3.69. The third-order valence-corrected chi connectivity index (χ3v) is 5.34. The zero-order valence-electron chi connectivity index (χ0n) is 12.3. The molecule has 6 heteroatoms. The third kappa shape index (κ3) is 4.18. The van der Waals surface area contributed by atoms with Crippen molar-refractivity contribution < 1.29 is 17.9 Å². The van der Waals surface area contributed by atoms with Gasteiger partial charge in [-0.2, -0.15) is 0 Å². The first-order valence-corrected chi connectivity index (χ1v) is 8.87. The molecule has 0 aliphatic heterocycles. The van der Waals surface area contributed by atoms with Gasteiger partial charge >= 0.3 is 0 Å². The summed E-state index contributed by atoms with van der Waals surface area (Å²) >= 11 is 0. The second-order valence-corrected chi connectivity index (χ2v) is 7.18.